The van der Waals surface area contributed by atoms with Gasteiger partial charge in [-0.1, -0.05) is 5.16 Å². The fraction of sp³-hybridized carbons (Fsp3) is 0.273. The van der Waals surface area contributed by atoms with Gasteiger partial charge in [-0.3, -0.25) is 9.36 Å². The van der Waals surface area contributed by atoms with Crippen molar-refractivity contribution in [2.75, 3.05) is 37.8 Å². The second-order valence-electron chi connectivity index (χ2n) is 7.73. The molecule has 0 saturated carbocycles. The molecule has 9 nitrogen and oxygen atoms in total. The average molecular weight is 493 g/mol. The second kappa shape index (κ2) is 9.70. The Kier molecular flexibility index (Phi) is 6.69. The molecule has 1 unspecified atom stereocenters. The Balaban J connectivity index is 1.90. The van der Waals surface area contributed by atoms with E-state index in [4.69, 9.17) is 10.6 Å². The summed E-state index contributed by atoms with van der Waals surface area (Å²) in [5.41, 5.74) is 3.89. The number of pyridine rings is 2. The quantitative estimate of drug-likeness (QED) is 0.294. The lowest BCUT2D eigenvalue weighted by Crippen LogP contribution is -2.26. The number of aromatic nitrogens is 2. The highest BCUT2D eigenvalue weighted by Crippen LogP contribution is 2.28. The van der Waals surface area contributed by atoms with Crippen molar-refractivity contribution >= 4 is 28.5 Å². The Morgan fingerprint density at radius 3 is 2.69 bits per heavy atom. The van der Waals surface area contributed by atoms with E-state index in [2.05, 4.69) is 10.1 Å². The highest BCUT2D eigenvalue weighted by Gasteiger charge is 2.32. The van der Waals surface area contributed by atoms with Gasteiger partial charge < -0.3 is 20.6 Å². The molecule has 0 amide bonds. The maximum atomic E-state index is 15.1. The van der Waals surface area contributed by atoms with Crippen molar-refractivity contribution in [2.45, 2.75) is 0 Å². The lowest BCUT2D eigenvalue weighted by Gasteiger charge is -2.19. The first-order chi connectivity index (χ1) is 16.7. The maximum absolute atomic E-state index is 15.1. The summed E-state index contributed by atoms with van der Waals surface area (Å²) >= 11 is 0. The Bertz CT molecular complexity index is 1390. The number of rotatable bonds is 7. The lowest BCUT2D eigenvalue weighted by atomic mass is 10.1. The Morgan fingerprint density at radius 1 is 1.26 bits per heavy atom. The molecule has 1 saturated heterocycles. The molecular weight excluding hydrogens is 474 g/mol. The van der Waals surface area contributed by atoms with Crippen molar-refractivity contribution in [1.29, 1.82) is 0 Å². The zero-order chi connectivity index (χ0) is 25.3. The number of carboxylic acid groups (broad SMARTS) is 1. The molecule has 35 heavy (non-hydrogen) atoms. The van der Waals surface area contributed by atoms with Crippen LogP contribution in [0.15, 0.2) is 40.4 Å². The van der Waals surface area contributed by atoms with E-state index in [1.165, 1.54) is 4.90 Å². The van der Waals surface area contributed by atoms with Crippen LogP contribution in [0.5, 0.6) is 0 Å². The Morgan fingerprint density at radius 2 is 2.03 bits per heavy atom. The van der Waals surface area contributed by atoms with Gasteiger partial charge >= 0.3 is 5.97 Å². The van der Waals surface area contributed by atoms with Crippen molar-refractivity contribution in [3.63, 3.8) is 0 Å². The molecular formula is C22H19F4N5O4. The van der Waals surface area contributed by atoms with Gasteiger partial charge in [-0.2, -0.15) is 0 Å². The number of oxime groups is 1. The predicted molar refractivity (Wildman–Crippen MR) is 118 cm³/mol. The molecule has 3 N–H and O–H groups in total. The normalized spacial score (nSPS) is 16.9. The lowest BCUT2D eigenvalue weighted by molar-refractivity contribution is 0.0695. The number of benzene rings is 1. The van der Waals surface area contributed by atoms with Crippen molar-refractivity contribution < 1.29 is 32.3 Å². The number of fused-ring (bicyclic) bond motifs is 1. The van der Waals surface area contributed by atoms with Crippen LogP contribution < -0.4 is 16.1 Å². The first-order valence-electron chi connectivity index (χ1n) is 10.4. The molecule has 3 aromatic rings. The number of anilines is 1. The van der Waals surface area contributed by atoms with Crippen LogP contribution in [0.1, 0.15) is 10.4 Å². The molecule has 0 aliphatic carbocycles. The summed E-state index contributed by atoms with van der Waals surface area (Å²) in [7, 11) is 0. The van der Waals surface area contributed by atoms with Crippen LogP contribution in [0.2, 0.25) is 0 Å². The number of carbonyl (C=O) groups is 1. The number of alkyl halides is 1. The van der Waals surface area contributed by atoms with Gasteiger partial charge in [-0.15, -0.1) is 0 Å². The van der Waals surface area contributed by atoms with Crippen molar-refractivity contribution in [1.82, 2.24) is 9.55 Å². The Labute approximate surface area is 195 Å². The van der Waals surface area contributed by atoms with E-state index in [1.54, 1.807) is 0 Å². The van der Waals surface area contributed by atoms with E-state index in [0.29, 0.717) is 11.8 Å². The van der Waals surface area contributed by atoms with E-state index in [-0.39, 0.29) is 49.3 Å². The minimum absolute atomic E-state index is 0.0337. The predicted octanol–water partition coefficient (Wildman–Crippen LogP) is 2.24. The minimum atomic E-state index is -1.61. The number of hydrogen-bond donors (Lipinski definition) is 2. The van der Waals surface area contributed by atoms with Gasteiger partial charge in [-0.05, 0) is 18.2 Å². The highest BCUT2D eigenvalue weighted by molar-refractivity contribution is 5.95. The standard InChI is InChI=1S/C22H19F4N5O4/c23-3-4-35-29-17-10-30(8-11(17)7-27)21-16(26)6-13-19(32)14(22(33)34)9-31(20(13)28-21)18-2-1-12(24)5-15(18)25/h1-2,5-6,9,11H,3-4,7-8,10,27H2,(H,33,34). The Hall–Kier alpha value is -4.00. The summed E-state index contributed by atoms with van der Waals surface area (Å²) in [6.45, 7) is -0.662. The molecule has 0 bridgehead atoms. The first-order valence-corrected chi connectivity index (χ1v) is 10.4. The summed E-state index contributed by atoms with van der Waals surface area (Å²) in [5.74, 6) is -5.06. The van der Waals surface area contributed by atoms with Gasteiger partial charge in [0.2, 0.25) is 5.43 Å². The summed E-state index contributed by atoms with van der Waals surface area (Å²) in [5, 5.41) is 12.9. The minimum Gasteiger partial charge on any atom is -0.477 e. The SMILES string of the molecule is NCC1CN(c2nc3c(cc2F)c(=O)c(C(=O)O)cn3-c2ccc(F)cc2F)CC1=NOCCF. The number of nitrogens with two attached hydrogens (primary N) is 1. The molecule has 1 aliphatic rings. The number of carboxylic acids is 1. The summed E-state index contributed by atoms with van der Waals surface area (Å²) < 4.78 is 56.5. The highest BCUT2D eigenvalue weighted by atomic mass is 19.1. The molecule has 1 fully saturated rings. The van der Waals surface area contributed by atoms with Gasteiger partial charge in [0.25, 0.3) is 0 Å². The van der Waals surface area contributed by atoms with Crippen LogP contribution >= 0.6 is 0 Å². The van der Waals surface area contributed by atoms with Crippen LogP contribution in [0, 0.1) is 23.4 Å². The fourth-order valence-corrected chi connectivity index (χ4v) is 3.85. The van der Waals surface area contributed by atoms with Crippen molar-refractivity contribution in [2.24, 2.45) is 16.8 Å². The van der Waals surface area contributed by atoms with Crippen LogP contribution in [0.4, 0.5) is 23.4 Å². The molecule has 0 spiro atoms. The summed E-state index contributed by atoms with van der Waals surface area (Å²) in [4.78, 5) is 34.9. The molecule has 4 rings (SSSR count). The van der Waals surface area contributed by atoms with Gasteiger partial charge in [0.1, 0.15) is 30.5 Å². The number of halogens is 4. The zero-order valence-electron chi connectivity index (χ0n) is 18.0. The van der Waals surface area contributed by atoms with Gasteiger partial charge in [0.15, 0.2) is 17.3 Å². The van der Waals surface area contributed by atoms with Crippen LogP contribution in [0.25, 0.3) is 16.7 Å². The smallest absolute Gasteiger partial charge is 0.341 e. The summed E-state index contributed by atoms with van der Waals surface area (Å²) in [6, 6.07) is 3.38. The second-order valence-corrected chi connectivity index (χ2v) is 7.73. The molecule has 0 radical (unpaired) electrons. The first kappa shape index (κ1) is 24.1. The molecule has 3 heterocycles. The maximum Gasteiger partial charge on any atom is 0.341 e. The number of hydrogen-bond acceptors (Lipinski definition) is 7. The molecule has 1 atom stereocenters. The monoisotopic (exact) mass is 493 g/mol. The van der Waals surface area contributed by atoms with E-state index in [9.17, 15) is 27.9 Å². The third-order valence-electron chi connectivity index (χ3n) is 5.51. The van der Waals surface area contributed by atoms with E-state index >= 15 is 4.39 Å². The van der Waals surface area contributed by atoms with Crippen LogP contribution in [0.3, 0.4) is 0 Å². The molecule has 1 aromatic carbocycles. The number of aromatic carboxylic acids is 1. The summed E-state index contributed by atoms with van der Waals surface area (Å²) in [6.07, 6.45) is 0.850. The topological polar surface area (TPSA) is 123 Å². The van der Waals surface area contributed by atoms with E-state index < -0.39 is 46.5 Å². The number of nitrogens with zero attached hydrogens (tertiary/aromatic N) is 4. The van der Waals surface area contributed by atoms with E-state index in [0.717, 1.165) is 29.0 Å². The third kappa shape index (κ3) is 4.54. The van der Waals surface area contributed by atoms with Gasteiger partial charge in [0, 0.05) is 31.3 Å². The molecule has 13 heteroatoms. The third-order valence-corrected chi connectivity index (χ3v) is 5.51. The van der Waals surface area contributed by atoms with Gasteiger partial charge in [0.05, 0.1) is 23.3 Å². The molecule has 1 aliphatic heterocycles. The van der Waals surface area contributed by atoms with Gasteiger partial charge in [-0.25, -0.2) is 27.3 Å². The van der Waals surface area contributed by atoms with Crippen molar-refractivity contribution in [3.8, 4) is 5.69 Å². The van der Waals surface area contributed by atoms with Crippen LogP contribution in [-0.4, -0.2) is 59.3 Å². The van der Waals surface area contributed by atoms with Crippen molar-refractivity contribution in [3.05, 3.63) is 63.7 Å². The zero-order valence-corrected chi connectivity index (χ0v) is 18.0. The van der Waals surface area contributed by atoms with Crippen LogP contribution in [-0.2, 0) is 4.84 Å². The fourth-order valence-electron chi connectivity index (χ4n) is 3.85. The largest absolute Gasteiger partial charge is 0.477 e. The van der Waals surface area contributed by atoms with E-state index in [1.807, 2.05) is 0 Å². The average Bonchev–Trinajstić information content (AvgIpc) is 3.22. The molecule has 2 aromatic heterocycles. The molecule has 184 valence electrons.